The number of thioether (sulfide) groups is 1. The molecule has 0 aliphatic carbocycles. The van der Waals surface area contributed by atoms with Crippen LogP contribution in [0, 0.1) is 0 Å². The van der Waals surface area contributed by atoms with Crippen LogP contribution in [0.15, 0.2) is 145 Å². The van der Waals surface area contributed by atoms with Crippen LogP contribution in [0.5, 0.6) is 11.5 Å². The van der Waals surface area contributed by atoms with Gasteiger partial charge in [-0.05, 0) is 96.6 Å². The zero-order valence-corrected chi connectivity index (χ0v) is 29.2. The van der Waals surface area contributed by atoms with Crippen LogP contribution in [0.3, 0.4) is 0 Å². The predicted molar refractivity (Wildman–Crippen MR) is 206 cm³/mol. The summed E-state index contributed by atoms with van der Waals surface area (Å²) in [6.45, 7) is 0. The van der Waals surface area contributed by atoms with Crippen molar-refractivity contribution in [1.82, 2.24) is 19.7 Å². The first-order valence-electron chi connectivity index (χ1n) is 16.4. The van der Waals surface area contributed by atoms with Crippen molar-refractivity contribution < 1.29 is 19.1 Å². The number of aromatic nitrogens is 4. The van der Waals surface area contributed by atoms with Crippen LogP contribution in [-0.2, 0) is 4.79 Å². The normalized spacial score (nSPS) is 11.1. The molecule has 0 atom stereocenters. The largest absolute Gasteiger partial charge is 0.497 e. The number of nitrogens with zero attached hydrogens (tertiary/aromatic N) is 4. The summed E-state index contributed by atoms with van der Waals surface area (Å²) in [5.41, 5.74) is 6.25. The third-order valence-electron chi connectivity index (χ3n) is 8.32. The zero-order valence-electron chi connectivity index (χ0n) is 28.4. The molecule has 0 saturated carbocycles. The van der Waals surface area contributed by atoms with Gasteiger partial charge in [-0.3, -0.25) is 14.2 Å². The number of para-hydroxylation sites is 2. The first kappa shape index (κ1) is 34.0. The third kappa shape index (κ3) is 7.62. The van der Waals surface area contributed by atoms with Gasteiger partial charge in [0.15, 0.2) is 16.8 Å². The molecule has 7 rings (SSSR count). The molecule has 0 bridgehead atoms. The number of carbonyl (C=O) groups is 2. The number of fused-ring (bicyclic) bond motifs is 1. The summed E-state index contributed by atoms with van der Waals surface area (Å²) in [5, 5.41) is 13.7. The Balaban J connectivity index is 1.10. The monoisotopic (exact) mass is 703 g/mol. The summed E-state index contributed by atoms with van der Waals surface area (Å²) >= 11 is 1.29. The smallest absolute Gasteiger partial charge is 0.234 e. The van der Waals surface area contributed by atoms with E-state index in [-0.39, 0.29) is 17.4 Å². The summed E-state index contributed by atoms with van der Waals surface area (Å²) in [6, 6.07) is 41.9. The number of nitrogens with one attached hydrogen (secondary N) is 1. The lowest BCUT2D eigenvalue weighted by atomic mass is 10.0. The second-order valence-electron chi connectivity index (χ2n) is 11.7. The lowest BCUT2D eigenvalue weighted by molar-refractivity contribution is -0.113. The highest BCUT2D eigenvalue weighted by Crippen LogP contribution is 2.35. The number of hydrogen-bond donors (Lipinski definition) is 1. The molecule has 256 valence electrons. The van der Waals surface area contributed by atoms with Crippen LogP contribution in [0.25, 0.3) is 45.3 Å². The number of ether oxygens (including phenoxy) is 2. The Morgan fingerprint density at radius 1 is 0.769 bits per heavy atom. The predicted octanol–water partition coefficient (Wildman–Crippen LogP) is 8.79. The summed E-state index contributed by atoms with van der Waals surface area (Å²) in [4.78, 5) is 30.9. The van der Waals surface area contributed by atoms with Crippen molar-refractivity contribution >= 4 is 46.1 Å². The van der Waals surface area contributed by atoms with Crippen molar-refractivity contribution in [3.63, 3.8) is 0 Å². The number of hydrogen-bond acceptors (Lipinski definition) is 8. The van der Waals surface area contributed by atoms with E-state index in [1.54, 1.807) is 44.6 Å². The third-order valence-corrected chi connectivity index (χ3v) is 9.25. The fourth-order valence-electron chi connectivity index (χ4n) is 5.65. The number of allylic oxidation sites excluding steroid dienone is 1. The highest BCUT2D eigenvalue weighted by Gasteiger charge is 2.21. The highest BCUT2D eigenvalue weighted by molar-refractivity contribution is 7.99. The Hall–Kier alpha value is -6.52. The minimum absolute atomic E-state index is 0.0877. The number of methoxy groups -OCH3 is 2. The van der Waals surface area contributed by atoms with Gasteiger partial charge in [0.1, 0.15) is 11.5 Å². The van der Waals surface area contributed by atoms with E-state index in [0.717, 1.165) is 50.5 Å². The first-order valence-corrected chi connectivity index (χ1v) is 17.4. The Labute approximate surface area is 305 Å². The molecule has 1 amide bonds. The van der Waals surface area contributed by atoms with Crippen molar-refractivity contribution in [2.75, 3.05) is 25.3 Å². The van der Waals surface area contributed by atoms with Gasteiger partial charge in [-0.1, -0.05) is 66.4 Å². The van der Waals surface area contributed by atoms with Crippen LogP contribution in [0.2, 0.25) is 0 Å². The van der Waals surface area contributed by atoms with Gasteiger partial charge in [-0.2, -0.15) is 0 Å². The van der Waals surface area contributed by atoms with E-state index in [2.05, 4.69) is 15.5 Å². The SMILES string of the molecule is COc1ccc(/C=C/C(=O)c2ccc(NC(=O)CSc3nnc(-c4cc(-c5ccc(OC)cc5)nc5ccccc45)n3-c3ccccc3)cc2)cc1. The van der Waals surface area contributed by atoms with Gasteiger partial charge in [-0.25, -0.2) is 4.98 Å². The van der Waals surface area contributed by atoms with Crippen molar-refractivity contribution in [2.45, 2.75) is 5.16 Å². The van der Waals surface area contributed by atoms with E-state index in [1.807, 2.05) is 114 Å². The molecule has 0 aliphatic rings. The van der Waals surface area contributed by atoms with E-state index in [0.29, 0.717) is 22.2 Å². The van der Waals surface area contributed by atoms with Crippen LogP contribution < -0.4 is 14.8 Å². The lowest BCUT2D eigenvalue weighted by Crippen LogP contribution is -2.14. The fourth-order valence-corrected chi connectivity index (χ4v) is 6.40. The number of ketones is 1. The number of carbonyl (C=O) groups excluding carboxylic acids is 2. The van der Waals surface area contributed by atoms with E-state index >= 15 is 0 Å². The van der Waals surface area contributed by atoms with Gasteiger partial charge in [0, 0.05) is 33.5 Å². The van der Waals surface area contributed by atoms with Gasteiger partial charge in [-0.15, -0.1) is 10.2 Å². The Morgan fingerprint density at radius 2 is 1.44 bits per heavy atom. The van der Waals surface area contributed by atoms with Crippen LogP contribution >= 0.6 is 11.8 Å². The molecule has 0 saturated heterocycles. The van der Waals surface area contributed by atoms with Gasteiger partial charge in [0.2, 0.25) is 5.91 Å². The first-order chi connectivity index (χ1) is 25.5. The van der Waals surface area contributed by atoms with E-state index < -0.39 is 0 Å². The van der Waals surface area contributed by atoms with E-state index in [1.165, 1.54) is 17.8 Å². The number of anilines is 1. The minimum atomic E-state index is -0.219. The summed E-state index contributed by atoms with van der Waals surface area (Å²) in [5.74, 6) is 1.87. The molecule has 0 spiro atoms. The highest BCUT2D eigenvalue weighted by atomic mass is 32.2. The second kappa shape index (κ2) is 15.6. The number of amides is 1. The maximum absolute atomic E-state index is 13.2. The Morgan fingerprint density at radius 3 is 2.15 bits per heavy atom. The standard InChI is InChI=1S/C42H33N5O4S/c1-50-33-21-12-28(13-22-33)14-25-39(48)30-15-19-31(20-16-30)43-40(49)27-52-42-46-45-41(47(42)32-8-4-3-5-9-32)36-26-38(29-17-23-34(51-2)24-18-29)44-37-11-7-6-10-35(36)37/h3-26H,27H2,1-2H3,(H,43,49)/b25-14+. The molecule has 0 radical (unpaired) electrons. The van der Waals surface area contributed by atoms with Crippen molar-refractivity contribution in [1.29, 1.82) is 0 Å². The molecule has 0 aliphatic heterocycles. The average Bonchev–Trinajstić information content (AvgIpc) is 3.63. The van der Waals surface area contributed by atoms with Crippen molar-refractivity contribution in [3.05, 3.63) is 151 Å². The van der Waals surface area contributed by atoms with Crippen molar-refractivity contribution in [3.8, 4) is 39.8 Å². The van der Waals surface area contributed by atoms with Gasteiger partial charge in [0.25, 0.3) is 0 Å². The summed E-state index contributed by atoms with van der Waals surface area (Å²) in [7, 11) is 3.25. The maximum Gasteiger partial charge on any atom is 0.234 e. The summed E-state index contributed by atoms with van der Waals surface area (Å²) < 4.78 is 12.5. The molecule has 2 aromatic heterocycles. The lowest BCUT2D eigenvalue weighted by Gasteiger charge is -2.13. The molecule has 1 N–H and O–H groups in total. The van der Waals surface area contributed by atoms with Crippen LogP contribution in [-0.4, -0.2) is 51.4 Å². The molecule has 0 fully saturated rings. The molecule has 10 heteroatoms. The van der Waals surface area contributed by atoms with Gasteiger partial charge >= 0.3 is 0 Å². The van der Waals surface area contributed by atoms with E-state index in [4.69, 9.17) is 14.5 Å². The molecule has 0 unspecified atom stereocenters. The zero-order chi connectivity index (χ0) is 35.9. The molecule has 2 heterocycles. The fraction of sp³-hybridized carbons (Fsp3) is 0.0714. The quantitative estimate of drug-likeness (QED) is 0.0765. The van der Waals surface area contributed by atoms with Crippen molar-refractivity contribution in [2.24, 2.45) is 0 Å². The van der Waals surface area contributed by atoms with Crippen LogP contribution in [0.1, 0.15) is 15.9 Å². The van der Waals surface area contributed by atoms with Crippen LogP contribution in [0.4, 0.5) is 5.69 Å². The molecule has 7 aromatic rings. The van der Waals surface area contributed by atoms with Gasteiger partial charge < -0.3 is 14.8 Å². The Bertz CT molecular complexity index is 2370. The molecular weight excluding hydrogens is 671 g/mol. The maximum atomic E-state index is 13.2. The Kier molecular flexibility index (Phi) is 10.2. The second-order valence-corrected chi connectivity index (χ2v) is 12.6. The average molecular weight is 704 g/mol. The number of rotatable bonds is 12. The minimum Gasteiger partial charge on any atom is -0.497 e. The van der Waals surface area contributed by atoms with E-state index in [9.17, 15) is 9.59 Å². The molecule has 5 aromatic carbocycles. The summed E-state index contributed by atoms with van der Waals surface area (Å²) in [6.07, 6.45) is 3.28. The molecule has 52 heavy (non-hydrogen) atoms. The molecular formula is C42H33N5O4S. The van der Waals surface area contributed by atoms with Gasteiger partial charge in [0.05, 0.1) is 31.2 Å². The molecule has 9 nitrogen and oxygen atoms in total. The topological polar surface area (TPSA) is 108 Å². The number of pyridine rings is 1. The number of benzene rings is 5.